The van der Waals surface area contributed by atoms with Gasteiger partial charge in [-0.1, -0.05) is 39.0 Å². The molecular weight excluding hydrogens is 240 g/mol. The highest BCUT2D eigenvalue weighted by atomic mass is 16.6. The van der Waals surface area contributed by atoms with Gasteiger partial charge >= 0.3 is 0 Å². The minimum Gasteiger partial charge on any atom is -0.364 e. The number of rotatable bonds is 3. The Kier molecular flexibility index (Phi) is 3.42. The quantitative estimate of drug-likeness (QED) is 0.672. The molecule has 4 nitrogen and oxygen atoms in total. The maximum Gasteiger partial charge on any atom is 0.272 e. The van der Waals surface area contributed by atoms with Crippen LogP contribution in [-0.2, 0) is 11.8 Å². The molecule has 1 aromatic heterocycles. The molecule has 1 aromatic carbocycles. The van der Waals surface area contributed by atoms with Crippen LogP contribution < -0.4 is 0 Å². The van der Waals surface area contributed by atoms with Crippen LogP contribution in [0.15, 0.2) is 36.5 Å². The Bertz CT molecular complexity index is 594. The molecule has 0 bridgehead atoms. The fourth-order valence-corrected chi connectivity index (χ4v) is 2.03. The Morgan fingerprint density at radius 1 is 1.26 bits per heavy atom. The summed E-state index contributed by atoms with van der Waals surface area (Å²) in [5, 5.41) is 11.0. The van der Waals surface area contributed by atoms with E-state index in [1.54, 1.807) is 12.1 Å². The summed E-state index contributed by atoms with van der Waals surface area (Å²) in [6, 6.07) is 8.96. The number of para-hydroxylation sites is 1. The van der Waals surface area contributed by atoms with E-state index in [1.807, 2.05) is 18.3 Å². The molecule has 0 spiro atoms. The van der Waals surface area contributed by atoms with E-state index < -0.39 is 0 Å². The van der Waals surface area contributed by atoms with Crippen molar-refractivity contribution in [1.82, 2.24) is 4.98 Å². The first-order valence-corrected chi connectivity index (χ1v) is 6.28. The summed E-state index contributed by atoms with van der Waals surface area (Å²) in [7, 11) is 0. The number of hydrogen-bond acceptors (Lipinski definition) is 2. The van der Waals surface area contributed by atoms with Gasteiger partial charge in [0.2, 0.25) is 0 Å². The third-order valence-corrected chi connectivity index (χ3v) is 3.13. The van der Waals surface area contributed by atoms with Gasteiger partial charge < -0.3 is 4.98 Å². The summed E-state index contributed by atoms with van der Waals surface area (Å²) in [6.45, 7) is 6.40. The Hall–Kier alpha value is -2.10. The van der Waals surface area contributed by atoms with Gasteiger partial charge in [0.25, 0.3) is 5.69 Å². The van der Waals surface area contributed by atoms with Gasteiger partial charge in [0.05, 0.1) is 4.92 Å². The minimum atomic E-state index is -0.327. The molecule has 0 aliphatic heterocycles. The standard InChI is InChI=1S/C15H18N2O2/c1-15(2,3)14-9-11(10-16-14)8-12-6-4-5-7-13(12)17(18)19/h4-7,9-10,16H,8H2,1-3H3. The van der Waals surface area contributed by atoms with E-state index in [4.69, 9.17) is 0 Å². The predicted octanol–water partition coefficient (Wildman–Crippen LogP) is 3.81. The highest BCUT2D eigenvalue weighted by molar-refractivity contribution is 5.43. The molecule has 0 saturated heterocycles. The molecule has 0 amide bonds. The zero-order valence-corrected chi connectivity index (χ0v) is 11.4. The van der Waals surface area contributed by atoms with Crippen LogP contribution in [0.4, 0.5) is 5.69 Å². The average Bonchev–Trinajstić information content (AvgIpc) is 2.77. The molecule has 1 N–H and O–H groups in total. The Labute approximate surface area is 112 Å². The van der Waals surface area contributed by atoms with E-state index >= 15 is 0 Å². The number of aromatic nitrogens is 1. The van der Waals surface area contributed by atoms with Crippen molar-refractivity contribution in [2.45, 2.75) is 32.6 Å². The first-order valence-electron chi connectivity index (χ1n) is 6.28. The summed E-state index contributed by atoms with van der Waals surface area (Å²) >= 11 is 0. The van der Waals surface area contributed by atoms with Crippen molar-refractivity contribution < 1.29 is 4.92 Å². The first kappa shape index (κ1) is 13.3. The van der Waals surface area contributed by atoms with Crippen LogP contribution in [0.5, 0.6) is 0 Å². The molecule has 100 valence electrons. The lowest BCUT2D eigenvalue weighted by molar-refractivity contribution is -0.385. The minimum absolute atomic E-state index is 0.0564. The normalized spacial score (nSPS) is 11.5. The molecule has 2 rings (SSSR count). The molecule has 1 heterocycles. The van der Waals surface area contributed by atoms with Crippen molar-refractivity contribution in [2.75, 3.05) is 0 Å². The largest absolute Gasteiger partial charge is 0.364 e. The molecule has 19 heavy (non-hydrogen) atoms. The van der Waals surface area contributed by atoms with Crippen LogP contribution in [-0.4, -0.2) is 9.91 Å². The molecule has 0 unspecified atom stereocenters. The van der Waals surface area contributed by atoms with Crippen molar-refractivity contribution in [3.05, 3.63) is 63.5 Å². The molecule has 0 radical (unpaired) electrons. The van der Waals surface area contributed by atoms with E-state index in [9.17, 15) is 10.1 Å². The number of nitro benzene ring substituents is 1. The van der Waals surface area contributed by atoms with Gasteiger partial charge in [0, 0.05) is 35.4 Å². The average molecular weight is 258 g/mol. The van der Waals surface area contributed by atoms with Gasteiger partial charge in [-0.05, 0) is 11.6 Å². The van der Waals surface area contributed by atoms with Crippen molar-refractivity contribution in [2.24, 2.45) is 0 Å². The molecule has 0 atom stereocenters. The lowest BCUT2D eigenvalue weighted by Crippen LogP contribution is -2.10. The molecule has 0 aliphatic carbocycles. The van der Waals surface area contributed by atoms with Crippen LogP contribution >= 0.6 is 0 Å². The first-order chi connectivity index (χ1) is 8.88. The smallest absolute Gasteiger partial charge is 0.272 e. The third-order valence-electron chi connectivity index (χ3n) is 3.13. The molecule has 0 aliphatic rings. The number of hydrogen-bond donors (Lipinski definition) is 1. The summed E-state index contributed by atoms with van der Waals surface area (Å²) in [6.07, 6.45) is 2.50. The number of nitro groups is 1. The molecule has 4 heteroatoms. The molecule has 2 aromatic rings. The summed E-state index contributed by atoms with van der Waals surface area (Å²) in [5.41, 5.74) is 3.19. The Balaban J connectivity index is 2.27. The van der Waals surface area contributed by atoms with E-state index in [0.29, 0.717) is 6.42 Å². The van der Waals surface area contributed by atoms with Crippen molar-refractivity contribution in [3.63, 3.8) is 0 Å². The lowest BCUT2D eigenvalue weighted by atomic mass is 9.92. The lowest BCUT2D eigenvalue weighted by Gasteiger charge is -2.15. The van der Waals surface area contributed by atoms with Crippen molar-refractivity contribution in [3.8, 4) is 0 Å². The summed E-state index contributed by atoms with van der Waals surface area (Å²) in [5.74, 6) is 0. The molecule has 0 saturated carbocycles. The van der Waals surface area contributed by atoms with Crippen LogP contribution in [0.2, 0.25) is 0 Å². The fourth-order valence-electron chi connectivity index (χ4n) is 2.03. The molecule has 0 fully saturated rings. The number of H-pyrrole nitrogens is 1. The van der Waals surface area contributed by atoms with Crippen LogP contribution in [0, 0.1) is 10.1 Å². The van der Waals surface area contributed by atoms with Crippen LogP contribution in [0.3, 0.4) is 0 Å². The number of nitrogens with one attached hydrogen (secondary N) is 1. The van der Waals surface area contributed by atoms with Gasteiger partial charge in [0.15, 0.2) is 0 Å². The van der Waals surface area contributed by atoms with E-state index in [-0.39, 0.29) is 16.0 Å². The van der Waals surface area contributed by atoms with Crippen LogP contribution in [0.25, 0.3) is 0 Å². The van der Waals surface area contributed by atoms with Crippen LogP contribution in [0.1, 0.15) is 37.6 Å². The van der Waals surface area contributed by atoms with E-state index in [1.165, 1.54) is 0 Å². The van der Waals surface area contributed by atoms with Gasteiger partial charge in [0.1, 0.15) is 0 Å². The second-order valence-electron chi connectivity index (χ2n) is 5.73. The van der Waals surface area contributed by atoms with Gasteiger partial charge in [-0.2, -0.15) is 0 Å². The van der Waals surface area contributed by atoms with Gasteiger partial charge in [-0.25, -0.2) is 0 Å². The molecular formula is C15H18N2O2. The SMILES string of the molecule is CC(C)(C)c1cc(Cc2ccccc2[N+](=O)[O-])c[nH]1. The van der Waals surface area contributed by atoms with Crippen molar-refractivity contribution >= 4 is 5.69 Å². The van der Waals surface area contributed by atoms with E-state index in [2.05, 4.69) is 31.8 Å². The van der Waals surface area contributed by atoms with E-state index in [0.717, 1.165) is 16.8 Å². The second-order valence-corrected chi connectivity index (χ2v) is 5.73. The second kappa shape index (κ2) is 4.88. The number of benzene rings is 1. The highest BCUT2D eigenvalue weighted by Gasteiger charge is 2.17. The summed E-state index contributed by atoms with van der Waals surface area (Å²) in [4.78, 5) is 13.9. The highest BCUT2D eigenvalue weighted by Crippen LogP contribution is 2.25. The Morgan fingerprint density at radius 3 is 2.53 bits per heavy atom. The number of nitrogens with zero attached hydrogens (tertiary/aromatic N) is 1. The summed E-state index contributed by atoms with van der Waals surface area (Å²) < 4.78 is 0. The maximum atomic E-state index is 11.0. The monoisotopic (exact) mass is 258 g/mol. The predicted molar refractivity (Wildman–Crippen MR) is 75.4 cm³/mol. The third kappa shape index (κ3) is 3.02. The van der Waals surface area contributed by atoms with Crippen molar-refractivity contribution in [1.29, 1.82) is 0 Å². The maximum absolute atomic E-state index is 11.0. The topological polar surface area (TPSA) is 58.9 Å². The van der Waals surface area contributed by atoms with Gasteiger partial charge in [-0.3, -0.25) is 10.1 Å². The van der Waals surface area contributed by atoms with Gasteiger partial charge in [-0.15, -0.1) is 0 Å². The Morgan fingerprint density at radius 2 is 1.95 bits per heavy atom. The zero-order chi connectivity index (χ0) is 14.0. The number of aromatic amines is 1. The zero-order valence-electron chi connectivity index (χ0n) is 11.4. The fraction of sp³-hybridized carbons (Fsp3) is 0.333.